The summed E-state index contributed by atoms with van der Waals surface area (Å²) >= 11 is 3.53. The van der Waals surface area contributed by atoms with E-state index in [2.05, 4.69) is 55.8 Å². The fourth-order valence-electron chi connectivity index (χ4n) is 2.76. The van der Waals surface area contributed by atoms with Crippen LogP contribution in [0.3, 0.4) is 0 Å². The molecule has 1 aromatic heterocycles. The molecule has 0 spiro atoms. The molecule has 0 atom stereocenters. The minimum absolute atomic E-state index is 1.01. The summed E-state index contributed by atoms with van der Waals surface area (Å²) in [6, 6.07) is 8.50. The number of piperazine rings is 1. The first kappa shape index (κ1) is 14.0. The van der Waals surface area contributed by atoms with Gasteiger partial charge in [0.05, 0.1) is 5.52 Å². The lowest BCUT2D eigenvalue weighted by Gasteiger charge is -2.33. The molecule has 1 aliphatic heterocycles. The standard InChI is InChI=1S/C16H20BrN3/c1-2-19-5-7-20(8-6-19)12-13-9-14-10-15(17)3-4-16(14)18-11-13/h3-4,9-11H,2,5-8,12H2,1H3. The van der Waals surface area contributed by atoms with E-state index in [0.717, 1.165) is 29.6 Å². The van der Waals surface area contributed by atoms with Gasteiger partial charge in [-0.15, -0.1) is 0 Å². The first-order chi connectivity index (χ1) is 9.74. The van der Waals surface area contributed by atoms with Crippen LogP contribution in [0.4, 0.5) is 0 Å². The second kappa shape index (κ2) is 6.20. The van der Waals surface area contributed by atoms with Crippen LogP contribution in [0.5, 0.6) is 0 Å². The molecule has 1 fully saturated rings. The first-order valence-electron chi connectivity index (χ1n) is 7.23. The zero-order valence-electron chi connectivity index (χ0n) is 11.8. The van der Waals surface area contributed by atoms with Crippen molar-refractivity contribution in [3.05, 3.63) is 40.5 Å². The molecule has 1 aliphatic rings. The van der Waals surface area contributed by atoms with E-state index in [-0.39, 0.29) is 0 Å². The SMILES string of the molecule is CCN1CCN(Cc2cnc3ccc(Br)cc3c2)CC1. The molecule has 106 valence electrons. The average Bonchev–Trinajstić information content (AvgIpc) is 2.47. The van der Waals surface area contributed by atoms with E-state index in [0.29, 0.717) is 0 Å². The van der Waals surface area contributed by atoms with E-state index in [1.807, 2.05) is 12.3 Å². The summed E-state index contributed by atoms with van der Waals surface area (Å²) in [6.07, 6.45) is 2.02. The molecule has 0 aliphatic carbocycles. The van der Waals surface area contributed by atoms with Gasteiger partial charge in [0.1, 0.15) is 0 Å². The summed E-state index contributed by atoms with van der Waals surface area (Å²) < 4.78 is 1.11. The van der Waals surface area contributed by atoms with Crippen molar-refractivity contribution in [2.24, 2.45) is 0 Å². The molecule has 0 amide bonds. The summed E-state index contributed by atoms with van der Waals surface area (Å²) in [6.45, 7) is 9.09. The van der Waals surface area contributed by atoms with Crippen molar-refractivity contribution >= 4 is 26.8 Å². The minimum atomic E-state index is 1.01. The molecule has 0 radical (unpaired) electrons. The van der Waals surface area contributed by atoms with Gasteiger partial charge in [-0.25, -0.2) is 0 Å². The lowest BCUT2D eigenvalue weighted by Crippen LogP contribution is -2.45. The summed E-state index contributed by atoms with van der Waals surface area (Å²) in [5.41, 5.74) is 2.37. The Labute approximate surface area is 128 Å². The van der Waals surface area contributed by atoms with E-state index in [4.69, 9.17) is 0 Å². The Balaban J connectivity index is 1.71. The van der Waals surface area contributed by atoms with Crippen LogP contribution >= 0.6 is 15.9 Å². The Hall–Kier alpha value is -0.970. The molecule has 1 aromatic carbocycles. The van der Waals surface area contributed by atoms with Crippen molar-refractivity contribution < 1.29 is 0 Å². The Morgan fingerprint density at radius 3 is 2.60 bits per heavy atom. The number of hydrogen-bond acceptors (Lipinski definition) is 3. The van der Waals surface area contributed by atoms with Crippen LogP contribution in [-0.2, 0) is 6.54 Å². The van der Waals surface area contributed by atoms with E-state index >= 15 is 0 Å². The largest absolute Gasteiger partial charge is 0.301 e. The van der Waals surface area contributed by atoms with Gasteiger partial charge in [-0.2, -0.15) is 0 Å². The highest BCUT2D eigenvalue weighted by molar-refractivity contribution is 9.10. The smallest absolute Gasteiger partial charge is 0.0702 e. The Bertz CT molecular complexity index is 591. The number of aromatic nitrogens is 1. The van der Waals surface area contributed by atoms with Crippen molar-refractivity contribution in [3.8, 4) is 0 Å². The maximum Gasteiger partial charge on any atom is 0.0702 e. The number of nitrogens with zero attached hydrogens (tertiary/aromatic N) is 3. The van der Waals surface area contributed by atoms with E-state index in [1.54, 1.807) is 0 Å². The molecule has 0 bridgehead atoms. The Kier molecular flexibility index (Phi) is 4.34. The van der Waals surface area contributed by atoms with Crippen LogP contribution < -0.4 is 0 Å². The van der Waals surface area contributed by atoms with E-state index in [1.165, 1.54) is 30.6 Å². The number of likely N-dealkylation sites (N-methyl/N-ethyl adjacent to an activating group) is 1. The maximum absolute atomic E-state index is 4.56. The van der Waals surface area contributed by atoms with Gasteiger partial charge in [0.25, 0.3) is 0 Å². The van der Waals surface area contributed by atoms with Gasteiger partial charge in [-0.3, -0.25) is 9.88 Å². The van der Waals surface area contributed by atoms with Gasteiger partial charge in [0, 0.05) is 48.8 Å². The van der Waals surface area contributed by atoms with Crippen LogP contribution in [-0.4, -0.2) is 47.5 Å². The van der Waals surface area contributed by atoms with Gasteiger partial charge >= 0.3 is 0 Å². The Morgan fingerprint density at radius 1 is 1.10 bits per heavy atom. The maximum atomic E-state index is 4.56. The number of hydrogen-bond donors (Lipinski definition) is 0. The molecule has 2 aromatic rings. The van der Waals surface area contributed by atoms with Crippen LogP contribution in [0.15, 0.2) is 34.9 Å². The molecule has 0 saturated carbocycles. The van der Waals surface area contributed by atoms with Crippen LogP contribution in [0.1, 0.15) is 12.5 Å². The van der Waals surface area contributed by atoms with Gasteiger partial charge < -0.3 is 4.90 Å². The molecule has 3 nitrogen and oxygen atoms in total. The third-order valence-corrected chi connectivity index (χ3v) is 4.51. The molecule has 0 unspecified atom stereocenters. The minimum Gasteiger partial charge on any atom is -0.301 e. The number of fused-ring (bicyclic) bond motifs is 1. The molecule has 4 heteroatoms. The fourth-order valence-corrected chi connectivity index (χ4v) is 3.14. The second-order valence-electron chi connectivity index (χ2n) is 5.39. The normalized spacial score (nSPS) is 17.7. The molecule has 0 N–H and O–H groups in total. The predicted octanol–water partition coefficient (Wildman–Crippen LogP) is 3.13. The third kappa shape index (κ3) is 3.19. The monoisotopic (exact) mass is 333 g/mol. The highest BCUT2D eigenvalue weighted by Gasteiger charge is 2.15. The topological polar surface area (TPSA) is 19.4 Å². The molecular weight excluding hydrogens is 314 g/mol. The summed E-state index contributed by atoms with van der Waals surface area (Å²) in [5.74, 6) is 0. The van der Waals surface area contributed by atoms with E-state index in [9.17, 15) is 0 Å². The van der Waals surface area contributed by atoms with Gasteiger partial charge in [0.2, 0.25) is 0 Å². The van der Waals surface area contributed by atoms with E-state index < -0.39 is 0 Å². The van der Waals surface area contributed by atoms with Crippen molar-refractivity contribution in [2.45, 2.75) is 13.5 Å². The number of pyridine rings is 1. The van der Waals surface area contributed by atoms with Crippen LogP contribution in [0.25, 0.3) is 10.9 Å². The third-order valence-electron chi connectivity index (χ3n) is 4.02. The highest BCUT2D eigenvalue weighted by atomic mass is 79.9. The molecule has 20 heavy (non-hydrogen) atoms. The zero-order valence-corrected chi connectivity index (χ0v) is 13.4. The Morgan fingerprint density at radius 2 is 1.85 bits per heavy atom. The van der Waals surface area contributed by atoms with Gasteiger partial charge in [-0.1, -0.05) is 22.9 Å². The van der Waals surface area contributed by atoms with Crippen molar-refractivity contribution in [1.29, 1.82) is 0 Å². The summed E-state index contributed by atoms with van der Waals surface area (Å²) in [7, 11) is 0. The zero-order chi connectivity index (χ0) is 13.9. The molecular formula is C16H20BrN3. The number of benzene rings is 1. The fraction of sp³-hybridized carbons (Fsp3) is 0.438. The lowest BCUT2D eigenvalue weighted by atomic mass is 10.1. The molecule has 3 rings (SSSR count). The van der Waals surface area contributed by atoms with Crippen LogP contribution in [0, 0.1) is 0 Å². The number of rotatable bonds is 3. The number of halogens is 1. The van der Waals surface area contributed by atoms with Gasteiger partial charge in [-0.05, 0) is 36.4 Å². The molecule has 1 saturated heterocycles. The predicted molar refractivity (Wildman–Crippen MR) is 86.8 cm³/mol. The second-order valence-corrected chi connectivity index (χ2v) is 6.31. The first-order valence-corrected chi connectivity index (χ1v) is 8.03. The highest BCUT2D eigenvalue weighted by Crippen LogP contribution is 2.20. The molecule has 2 heterocycles. The lowest BCUT2D eigenvalue weighted by molar-refractivity contribution is 0.132. The quantitative estimate of drug-likeness (QED) is 0.860. The van der Waals surface area contributed by atoms with Crippen molar-refractivity contribution in [3.63, 3.8) is 0 Å². The van der Waals surface area contributed by atoms with Crippen molar-refractivity contribution in [2.75, 3.05) is 32.7 Å². The summed E-state index contributed by atoms with van der Waals surface area (Å²) in [5, 5.41) is 1.21. The average molecular weight is 334 g/mol. The van der Waals surface area contributed by atoms with Gasteiger partial charge in [0.15, 0.2) is 0 Å². The van der Waals surface area contributed by atoms with Crippen molar-refractivity contribution in [1.82, 2.24) is 14.8 Å². The summed E-state index contributed by atoms with van der Waals surface area (Å²) in [4.78, 5) is 9.59. The van der Waals surface area contributed by atoms with Crippen LogP contribution in [0.2, 0.25) is 0 Å².